The molecule has 0 aliphatic rings. The van der Waals surface area contributed by atoms with Crippen molar-refractivity contribution < 1.29 is 49.2 Å². The SMILES string of the molecule is C.C.C.CCC(CCC(C)c1ccc(C[n+]2ccc(-c3cc[n+](C)cc3)cc2)cc1)C(N)=O.FB(F)F.FB(F)F.[F-].[F-]. The summed E-state index contributed by atoms with van der Waals surface area (Å²) in [5.41, 5.74) is 10.5. The van der Waals surface area contributed by atoms with Gasteiger partial charge in [0.25, 0.3) is 0 Å². The summed E-state index contributed by atoms with van der Waals surface area (Å²) in [6.07, 6.45) is 11.1. The zero-order valence-electron chi connectivity index (χ0n) is 22.5. The number of primary amides is 1. The molecule has 14 heteroatoms. The lowest BCUT2D eigenvalue weighted by molar-refractivity contribution is -0.688. The van der Waals surface area contributed by atoms with Crippen LogP contribution >= 0.6 is 0 Å². The van der Waals surface area contributed by atoms with Crippen LogP contribution in [0.3, 0.4) is 0 Å². The van der Waals surface area contributed by atoms with Crippen LogP contribution in [0.4, 0.5) is 25.9 Å². The normalized spacial score (nSPS) is 10.3. The molecule has 0 bridgehead atoms. The van der Waals surface area contributed by atoms with Gasteiger partial charge in [0.15, 0.2) is 31.3 Å². The maximum absolute atomic E-state index is 11.4. The van der Waals surface area contributed by atoms with Gasteiger partial charge in [-0.2, -0.15) is 0 Å². The zero-order chi connectivity index (χ0) is 28.7. The molecule has 3 rings (SSSR count). The molecular formula is C29H45B2F8N3O. The Kier molecular flexibility index (Phi) is 30.0. The number of carbonyl (C=O) groups is 1. The number of aromatic nitrogens is 2. The van der Waals surface area contributed by atoms with E-state index >= 15 is 0 Å². The van der Waals surface area contributed by atoms with Gasteiger partial charge in [-0.15, -0.1) is 0 Å². The summed E-state index contributed by atoms with van der Waals surface area (Å²) in [7, 11) is -5.31. The van der Waals surface area contributed by atoms with Gasteiger partial charge in [0.2, 0.25) is 5.91 Å². The number of pyridine rings is 2. The molecule has 0 spiro atoms. The van der Waals surface area contributed by atoms with E-state index in [0.717, 1.165) is 25.8 Å². The van der Waals surface area contributed by atoms with Crippen LogP contribution in [-0.4, -0.2) is 21.0 Å². The van der Waals surface area contributed by atoms with E-state index in [2.05, 4.69) is 84.8 Å². The second-order valence-corrected chi connectivity index (χ2v) is 8.73. The Bertz CT molecular complexity index is 1070. The van der Waals surface area contributed by atoms with Gasteiger partial charge in [-0.05, 0) is 41.9 Å². The Balaban J connectivity index is -0.000000331. The van der Waals surface area contributed by atoms with Crippen molar-refractivity contribution in [2.45, 2.75) is 67.9 Å². The highest BCUT2D eigenvalue weighted by Gasteiger charge is 2.15. The van der Waals surface area contributed by atoms with E-state index in [1.165, 1.54) is 22.3 Å². The third kappa shape index (κ3) is 21.0. The second-order valence-electron chi connectivity index (χ2n) is 8.73. The topological polar surface area (TPSA) is 50.9 Å². The summed E-state index contributed by atoms with van der Waals surface area (Å²) in [6, 6.07) is 17.4. The van der Waals surface area contributed by atoms with Gasteiger partial charge in [0.1, 0.15) is 7.05 Å². The molecule has 0 aliphatic carbocycles. The minimum atomic E-state index is -3.67. The minimum absolute atomic E-state index is 0. The molecule has 2 unspecified atom stereocenters. The van der Waals surface area contributed by atoms with Gasteiger partial charge in [-0.1, -0.05) is 60.4 Å². The smallest absolute Gasteiger partial charge is 0.762 e. The van der Waals surface area contributed by atoms with E-state index in [1.54, 1.807) is 0 Å². The molecule has 0 saturated heterocycles. The average molecular weight is 625 g/mol. The number of carbonyl (C=O) groups excluding carboxylic acids is 1. The van der Waals surface area contributed by atoms with Crippen LogP contribution < -0.4 is 24.3 Å². The Hall–Kier alpha value is -3.44. The van der Waals surface area contributed by atoms with Crippen molar-refractivity contribution in [2.75, 3.05) is 0 Å². The van der Waals surface area contributed by atoms with Gasteiger partial charge in [-0.25, -0.2) is 9.13 Å². The Labute approximate surface area is 252 Å². The lowest BCUT2D eigenvalue weighted by Crippen LogP contribution is -3.00. The summed E-state index contributed by atoms with van der Waals surface area (Å²) in [5.74, 6) is 0.237. The number of hydrogen-bond donors (Lipinski definition) is 1. The van der Waals surface area contributed by atoms with Crippen molar-refractivity contribution in [2.24, 2.45) is 18.7 Å². The van der Waals surface area contributed by atoms with Crippen molar-refractivity contribution in [3.8, 4) is 11.1 Å². The molecule has 2 atom stereocenters. The van der Waals surface area contributed by atoms with Crippen LogP contribution in [0.15, 0.2) is 73.3 Å². The maximum Gasteiger partial charge on any atom is 0.762 e. The van der Waals surface area contributed by atoms with Crippen LogP contribution in [0.5, 0.6) is 0 Å². The number of nitrogens with zero attached hydrogens (tertiary/aromatic N) is 2. The standard InChI is InChI=1S/C26H32N3O.3CH4.2BF3.2FH/c1-4-22(26(27)30)8-5-20(2)23-9-6-21(7-10-23)19-29-17-13-25(14-18-29)24-11-15-28(3)16-12-24;;;;2*2-1(3)4;;/h6-7,9-18,20,22H,4-5,8,19H2,1-3H3,(H-,27,30);3*1H4;;;2*1H/q+1;;;;;;;/p-1. The molecule has 2 aromatic heterocycles. The number of hydrogen-bond acceptors (Lipinski definition) is 1. The second kappa shape index (κ2) is 26.2. The van der Waals surface area contributed by atoms with Crippen LogP contribution in [0, 0.1) is 5.92 Å². The van der Waals surface area contributed by atoms with Gasteiger partial charge in [-0.3, -0.25) is 30.7 Å². The zero-order valence-corrected chi connectivity index (χ0v) is 22.5. The molecule has 43 heavy (non-hydrogen) atoms. The quantitative estimate of drug-likeness (QED) is 0.220. The molecular weight excluding hydrogens is 580 g/mol. The highest BCUT2D eigenvalue weighted by Crippen LogP contribution is 2.24. The Morgan fingerprint density at radius 1 is 0.767 bits per heavy atom. The first-order valence-corrected chi connectivity index (χ1v) is 12.1. The minimum Gasteiger partial charge on any atom is -1.00 e. The van der Waals surface area contributed by atoms with Crippen molar-refractivity contribution in [1.82, 2.24) is 0 Å². The van der Waals surface area contributed by atoms with E-state index in [0.29, 0.717) is 5.92 Å². The molecule has 0 saturated carbocycles. The lowest BCUT2D eigenvalue weighted by atomic mass is 9.90. The average Bonchev–Trinajstić information content (AvgIpc) is 2.85. The van der Waals surface area contributed by atoms with Crippen LogP contribution in [-0.2, 0) is 18.4 Å². The summed E-state index contributed by atoms with van der Waals surface area (Å²) < 4.78 is 62.2. The lowest BCUT2D eigenvalue weighted by Gasteiger charge is -2.16. The van der Waals surface area contributed by atoms with E-state index < -0.39 is 15.1 Å². The number of rotatable bonds is 9. The van der Waals surface area contributed by atoms with Gasteiger partial charge >= 0.3 is 15.1 Å². The first kappa shape index (κ1) is 49.2. The summed E-state index contributed by atoms with van der Waals surface area (Å²) in [6.45, 7) is 5.09. The van der Waals surface area contributed by atoms with Crippen molar-refractivity contribution in [1.29, 1.82) is 0 Å². The van der Waals surface area contributed by atoms with E-state index in [-0.39, 0.29) is 43.5 Å². The highest BCUT2D eigenvalue weighted by atomic mass is 19.4. The van der Waals surface area contributed by atoms with Crippen molar-refractivity contribution in [3.05, 3.63) is 84.4 Å². The van der Waals surface area contributed by atoms with E-state index in [9.17, 15) is 30.7 Å². The molecule has 2 heterocycles. The maximum atomic E-state index is 11.4. The largest absolute Gasteiger partial charge is 1.00 e. The first-order chi connectivity index (χ1) is 17.9. The monoisotopic (exact) mass is 625 g/mol. The molecule has 3 aromatic rings. The van der Waals surface area contributed by atoms with Crippen molar-refractivity contribution in [3.63, 3.8) is 0 Å². The van der Waals surface area contributed by atoms with Crippen molar-refractivity contribution >= 4 is 21.0 Å². The molecule has 1 aromatic carbocycles. The summed E-state index contributed by atoms with van der Waals surface area (Å²) in [4.78, 5) is 11.4. The van der Waals surface area contributed by atoms with Crippen LogP contribution in [0.1, 0.15) is 72.4 Å². The van der Waals surface area contributed by atoms with Gasteiger partial charge < -0.3 is 15.1 Å². The molecule has 2 N–H and O–H groups in total. The first-order valence-electron chi connectivity index (χ1n) is 12.1. The number of aryl methyl sites for hydroxylation is 1. The number of benzene rings is 1. The predicted octanol–water partition coefficient (Wildman–Crippen LogP) is 1.59. The Morgan fingerprint density at radius 3 is 1.53 bits per heavy atom. The fourth-order valence-electron chi connectivity index (χ4n) is 3.78. The third-order valence-corrected chi connectivity index (χ3v) is 5.96. The molecule has 244 valence electrons. The molecule has 1 amide bonds. The molecule has 4 nitrogen and oxygen atoms in total. The summed E-state index contributed by atoms with van der Waals surface area (Å²) >= 11 is 0. The van der Waals surface area contributed by atoms with Crippen LogP contribution in [0.25, 0.3) is 11.1 Å². The van der Waals surface area contributed by atoms with Gasteiger partial charge in [0.05, 0.1) is 0 Å². The Morgan fingerprint density at radius 2 is 1.16 bits per heavy atom. The molecule has 0 aliphatic heterocycles. The van der Waals surface area contributed by atoms with E-state index in [4.69, 9.17) is 5.73 Å². The number of amides is 1. The predicted molar refractivity (Wildman–Crippen MR) is 158 cm³/mol. The number of nitrogens with two attached hydrogens (primary N) is 1. The van der Waals surface area contributed by atoms with Gasteiger partial charge in [0, 0.05) is 35.7 Å². The molecule has 0 radical (unpaired) electrons. The van der Waals surface area contributed by atoms with Crippen LogP contribution in [0.2, 0.25) is 0 Å². The fourth-order valence-corrected chi connectivity index (χ4v) is 3.78. The summed E-state index contributed by atoms with van der Waals surface area (Å²) in [5, 5.41) is 0. The third-order valence-electron chi connectivity index (χ3n) is 5.96. The number of halogens is 8. The van der Waals surface area contributed by atoms with E-state index in [1.807, 2.05) is 18.5 Å². The highest BCUT2D eigenvalue weighted by molar-refractivity contribution is 6.33. The fraction of sp³-hybridized carbons (Fsp3) is 0.414. The molecule has 0 fully saturated rings.